The van der Waals surface area contributed by atoms with E-state index in [9.17, 15) is 4.57 Å². The first-order valence-corrected chi connectivity index (χ1v) is 3.72. The van der Waals surface area contributed by atoms with Gasteiger partial charge in [0.1, 0.15) is 0 Å². The van der Waals surface area contributed by atoms with Gasteiger partial charge in [-0.3, -0.25) is 0 Å². The zero-order valence-electron chi connectivity index (χ0n) is 4.98. The molecule has 8 heavy (non-hydrogen) atoms. The summed E-state index contributed by atoms with van der Waals surface area (Å²) in [6, 6.07) is 0. The molecular weight excluding hydrogens is 119 g/mol. The van der Waals surface area contributed by atoms with Crippen LogP contribution in [0, 0.1) is 0 Å². The van der Waals surface area contributed by atoms with Gasteiger partial charge in [-0.05, 0) is 6.92 Å². The lowest BCUT2D eigenvalue weighted by atomic mass is 10.1. The largest absolute Gasteiger partial charge is 0.331 e. The van der Waals surface area contributed by atoms with Crippen molar-refractivity contribution in [1.29, 1.82) is 0 Å². The average molecular weight is 129 g/mol. The summed E-state index contributed by atoms with van der Waals surface area (Å²) in [5.74, 6) is 0. The van der Waals surface area contributed by atoms with Gasteiger partial charge in [-0.15, -0.1) is 0 Å². The zero-order valence-corrected chi connectivity index (χ0v) is 5.98. The van der Waals surface area contributed by atoms with E-state index in [1.807, 2.05) is 0 Å². The first-order valence-electron chi connectivity index (χ1n) is 2.81. The monoisotopic (exact) mass is 129 g/mol. The summed E-state index contributed by atoms with van der Waals surface area (Å²) in [4.78, 5) is 0. The van der Waals surface area contributed by atoms with Gasteiger partial charge in [-0.2, -0.15) is 0 Å². The van der Waals surface area contributed by atoms with Gasteiger partial charge in [0.25, 0.3) is 0 Å². The van der Waals surface area contributed by atoms with Gasteiger partial charge in [0, 0.05) is 12.8 Å². The van der Waals surface area contributed by atoms with Gasteiger partial charge >= 0.3 is 8.46 Å². The van der Waals surface area contributed by atoms with Crippen LogP contribution in [0.3, 0.4) is 0 Å². The molecule has 1 aliphatic rings. The fourth-order valence-corrected chi connectivity index (χ4v) is 1.26. The van der Waals surface area contributed by atoms with Crippen LogP contribution in [0.1, 0.15) is 19.8 Å². The third-order valence-corrected chi connectivity index (χ3v) is 2.45. The van der Waals surface area contributed by atoms with Gasteiger partial charge in [-0.1, -0.05) is 16.7 Å². The summed E-state index contributed by atoms with van der Waals surface area (Å²) in [6.07, 6.45) is 6.19. The van der Waals surface area contributed by atoms with E-state index < -0.39 is 0 Å². The molecule has 0 N–H and O–H groups in total. The molecule has 0 aromatic heterocycles. The number of allylic oxidation sites excluding steroid dienone is 2. The molecule has 0 amide bonds. The zero-order chi connectivity index (χ0) is 6.04. The maximum absolute atomic E-state index is 10.4. The van der Waals surface area contributed by atoms with E-state index in [1.54, 1.807) is 0 Å². The van der Waals surface area contributed by atoms with Gasteiger partial charge in [0.05, 0.1) is 0 Å². The van der Waals surface area contributed by atoms with Crippen molar-refractivity contribution in [3.8, 4) is 0 Å². The Balaban J connectivity index is 2.58. The standard InChI is InChI=1S/C6H9OP/c1-6(8-7)4-2-3-5-6/h2-3H,4-5H2,1H3/p+1. The van der Waals surface area contributed by atoms with Crippen LogP contribution in [-0.4, -0.2) is 5.16 Å². The van der Waals surface area contributed by atoms with Crippen LogP contribution >= 0.6 is 8.46 Å². The molecule has 0 heterocycles. The average Bonchev–Trinajstić information content (AvgIpc) is 2.17. The Bertz CT molecular complexity index is 120. The van der Waals surface area contributed by atoms with E-state index in [1.165, 1.54) is 0 Å². The summed E-state index contributed by atoms with van der Waals surface area (Å²) in [5, 5.41) is 0.0972. The molecule has 0 saturated heterocycles. The minimum Gasteiger partial charge on any atom is -0.0836 e. The first kappa shape index (κ1) is 5.97. The van der Waals surface area contributed by atoms with Gasteiger partial charge in [0.2, 0.25) is 0 Å². The smallest absolute Gasteiger partial charge is 0.0836 e. The Kier molecular flexibility index (Phi) is 1.48. The Morgan fingerprint density at radius 2 is 2.00 bits per heavy atom. The Morgan fingerprint density at radius 3 is 2.25 bits per heavy atom. The molecule has 2 heteroatoms. The summed E-state index contributed by atoms with van der Waals surface area (Å²) in [7, 11) is -0.148. The molecule has 0 radical (unpaired) electrons. The fourth-order valence-electron chi connectivity index (χ4n) is 0.854. The molecule has 0 saturated carbocycles. The highest BCUT2D eigenvalue weighted by atomic mass is 31.1. The third kappa shape index (κ3) is 0.976. The maximum atomic E-state index is 10.4. The molecule has 0 aromatic rings. The summed E-state index contributed by atoms with van der Waals surface area (Å²) in [5.41, 5.74) is 0. The number of rotatable bonds is 1. The van der Waals surface area contributed by atoms with E-state index in [4.69, 9.17) is 0 Å². The van der Waals surface area contributed by atoms with Crippen molar-refractivity contribution in [3.63, 3.8) is 0 Å². The number of hydrogen-bond acceptors (Lipinski definition) is 1. The minimum absolute atomic E-state index is 0.0972. The Labute approximate surface area is 51.0 Å². The lowest BCUT2D eigenvalue weighted by Gasteiger charge is -2.02. The lowest BCUT2D eigenvalue weighted by molar-refractivity contribution is 0.565. The predicted octanol–water partition coefficient (Wildman–Crippen LogP) is 2.12. The van der Waals surface area contributed by atoms with Gasteiger partial charge < -0.3 is 0 Å². The fraction of sp³-hybridized carbons (Fsp3) is 0.667. The molecule has 1 rings (SSSR count). The molecule has 0 bridgehead atoms. The van der Waals surface area contributed by atoms with Crippen LogP contribution in [0.2, 0.25) is 0 Å². The Hall–Kier alpha value is -0.160. The van der Waals surface area contributed by atoms with Crippen molar-refractivity contribution >= 4 is 8.46 Å². The molecule has 1 unspecified atom stereocenters. The van der Waals surface area contributed by atoms with Gasteiger partial charge in [-0.25, -0.2) is 0 Å². The van der Waals surface area contributed by atoms with Crippen molar-refractivity contribution in [1.82, 2.24) is 0 Å². The van der Waals surface area contributed by atoms with E-state index in [-0.39, 0.29) is 13.6 Å². The first-order chi connectivity index (χ1) is 3.77. The second kappa shape index (κ2) is 1.99. The van der Waals surface area contributed by atoms with E-state index in [0.717, 1.165) is 12.8 Å². The summed E-state index contributed by atoms with van der Waals surface area (Å²) >= 11 is 0. The molecule has 1 nitrogen and oxygen atoms in total. The second-order valence-corrected chi connectivity index (χ2v) is 3.95. The SMILES string of the molecule is CC1([PH+]=O)CC=CC1. The molecule has 0 aliphatic heterocycles. The topological polar surface area (TPSA) is 17.1 Å². The number of hydrogen-bond donors (Lipinski definition) is 0. The quantitative estimate of drug-likeness (QED) is 0.391. The van der Waals surface area contributed by atoms with E-state index in [0.29, 0.717) is 0 Å². The van der Waals surface area contributed by atoms with Crippen LogP contribution in [0.15, 0.2) is 12.2 Å². The van der Waals surface area contributed by atoms with Crippen LogP contribution in [0.25, 0.3) is 0 Å². The minimum atomic E-state index is -0.148. The van der Waals surface area contributed by atoms with Gasteiger partial charge in [0.15, 0.2) is 5.16 Å². The van der Waals surface area contributed by atoms with Crippen molar-refractivity contribution < 1.29 is 4.57 Å². The predicted molar refractivity (Wildman–Crippen MR) is 35.8 cm³/mol. The highest BCUT2D eigenvalue weighted by Gasteiger charge is 2.32. The molecule has 1 aliphatic carbocycles. The van der Waals surface area contributed by atoms with Crippen molar-refractivity contribution in [2.24, 2.45) is 0 Å². The maximum Gasteiger partial charge on any atom is 0.331 e. The van der Waals surface area contributed by atoms with Crippen LogP contribution < -0.4 is 0 Å². The summed E-state index contributed by atoms with van der Waals surface area (Å²) in [6.45, 7) is 2.05. The Morgan fingerprint density at radius 1 is 1.50 bits per heavy atom. The van der Waals surface area contributed by atoms with Crippen LogP contribution in [0.4, 0.5) is 0 Å². The van der Waals surface area contributed by atoms with E-state index in [2.05, 4.69) is 19.1 Å². The van der Waals surface area contributed by atoms with Crippen LogP contribution in [-0.2, 0) is 4.57 Å². The second-order valence-electron chi connectivity index (χ2n) is 2.54. The molecular formula is C6H10OP+. The molecule has 0 fully saturated rings. The van der Waals surface area contributed by atoms with E-state index >= 15 is 0 Å². The highest BCUT2D eigenvalue weighted by Crippen LogP contribution is 2.35. The van der Waals surface area contributed by atoms with Crippen molar-refractivity contribution in [2.75, 3.05) is 0 Å². The highest BCUT2D eigenvalue weighted by molar-refractivity contribution is 7.26. The lowest BCUT2D eigenvalue weighted by Crippen LogP contribution is -2.08. The van der Waals surface area contributed by atoms with Crippen molar-refractivity contribution in [2.45, 2.75) is 24.9 Å². The third-order valence-electron chi connectivity index (χ3n) is 1.55. The molecule has 1 atom stereocenters. The molecule has 0 aromatic carbocycles. The normalized spacial score (nSPS) is 24.6. The van der Waals surface area contributed by atoms with Crippen LogP contribution in [0.5, 0.6) is 0 Å². The molecule has 44 valence electrons. The summed E-state index contributed by atoms with van der Waals surface area (Å²) < 4.78 is 10.4. The van der Waals surface area contributed by atoms with Crippen molar-refractivity contribution in [3.05, 3.63) is 12.2 Å². The molecule has 0 spiro atoms.